The zero-order chi connectivity index (χ0) is 5.28. The summed E-state index contributed by atoms with van der Waals surface area (Å²) in [5.41, 5.74) is 0. The summed E-state index contributed by atoms with van der Waals surface area (Å²) < 4.78 is 0.720. The molecule has 0 spiro atoms. The molecule has 0 amide bonds. The summed E-state index contributed by atoms with van der Waals surface area (Å²) >= 11 is 2.40. The van der Waals surface area contributed by atoms with Crippen LogP contribution in [-0.4, -0.2) is 31.5 Å². The Morgan fingerprint density at radius 1 is 1.71 bits per heavy atom. The fraction of sp³-hybridized carbons (Fsp3) is 0.333. The number of aryl methyl sites for hydroxylation is 1. The van der Waals surface area contributed by atoms with Gasteiger partial charge < -0.3 is 0 Å². The Hall–Kier alpha value is -0.328. The van der Waals surface area contributed by atoms with Gasteiger partial charge in [-0.05, 0) is 6.92 Å². The summed E-state index contributed by atoms with van der Waals surface area (Å²) in [4.78, 5) is 3.91. The third-order valence-electron chi connectivity index (χ3n) is 0.615. The molecule has 1 heterocycles. The number of rotatable bonds is 0. The van der Waals surface area contributed by atoms with E-state index in [9.17, 15) is 0 Å². The van der Waals surface area contributed by atoms with Gasteiger partial charge in [0.25, 0.3) is 0 Å². The third kappa shape index (κ3) is 1.02. The van der Waals surface area contributed by atoms with Crippen molar-refractivity contribution >= 4 is 21.0 Å². The first kappa shape index (κ1) is 4.82. The molecule has 34 valence electrons. The normalized spacial score (nSPS) is 9.29. The van der Waals surface area contributed by atoms with Crippen molar-refractivity contribution in [1.29, 1.82) is 0 Å². The molecule has 1 N–H and O–H groups in total. The van der Waals surface area contributed by atoms with Crippen LogP contribution in [0.3, 0.4) is 0 Å². The highest BCUT2D eigenvalue weighted by molar-refractivity contribution is 6.28. The maximum Gasteiger partial charge on any atom is 0.247 e. The Bertz CT molecular complexity index is 142. The second kappa shape index (κ2) is 1.65. The van der Waals surface area contributed by atoms with Crippen LogP contribution < -0.4 is 4.69 Å². The van der Waals surface area contributed by atoms with Crippen molar-refractivity contribution in [3.05, 3.63) is 5.82 Å². The molecule has 0 aliphatic carbocycles. The Kier molecular flexibility index (Phi) is 1.13. The molecule has 0 atom stereocenters. The van der Waals surface area contributed by atoms with E-state index in [1.54, 1.807) is 0 Å². The summed E-state index contributed by atoms with van der Waals surface area (Å²) in [6.45, 7) is 1.86. The van der Waals surface area contributed by atoms with Gasteiger partial charge in [0.05, 0.1) is 0 Å². The SMILES string of the molecule is Cc1n[c]([Al])n[nH]1. The van der Waals surface area contributed by atoms with E-state index in [0.29, 0.717) is 0 Å². The lowest BCUT2D eigenvalue weighted by Crippen LogP contribution is -2.05. The maximum atomic E-state index is 3.91. The molecular weight excluding hydrogens is 105 g/mol. The number of hydrogen-bond donors (Lipinski definition) is 1. The van der Waals surface area contributed by atoms with E-state index in [1.807, 2.05) is 6.92 Å². The van der Waals surface area contributed by atoms with Gasteiger partial charge in [0.2, 0.25) is 16.3 Å². The lowest BCUT2D eigenvalue weighted by molar-refractivity contribution is 1.04. The first-order valence-electron chi connectivity index (χ1n) is 1.93. The molecular formula is C3H4AlN3. The van der Waals surface area contributed by atoms with Gasteiger partial charge in [0, 0.05) is 4.69 Å². The molecule has 0 aliphatic rings. The Labute approximate surface area is 49.6 Å². The molecule has 0 bridgehead atoms. The summed E-state index contributed by atoms with van der Waals surface area (Å²) in [6, 6.07) is 0. The largest absolute Gasteiger partial charge is 0.265 e. The highest BCUT2D eigenvalue weighted by Gasteiger charge is 1.84. The molecule has 1 aromatic heterocycles. The highest BCUT2D eigenvalue weighted by atomic mass is 27.0. The summed E-state index contributed by atoms with van der Waals surface area (Å²) in [7, 11) is 0. The van der Waals surface area contributed by atoms with Crippen LogP contribution in [0.2, 0.25) is 0 Å². The van der Waals surface area contributed by atoms with Crippen molar-refractivity contribution in [3.8, 4) is 0 Å². The molecule has 4 heteroatoms. The van der Waals surface area contributed by atoms with Gasteiger partial charge in [0.1, 0.15) is 5.82 Å². The van der Waals surface area contributed by atoms with Crippen LogP contribution in [0.15, 0.2) is 0 Å². The Morgan fingerprint density at radius 3 is 2.57 bits per heavy atom. The van der Waals surface area contributed by atoms with Crippen molar-refractivity contribution in [1.82, 2.24) is 15.2 Å². The van der Waals surface area contributed by atoms with Crippen molar-refractivity contribution in [2.75, 3.05) is 0 Å². The molecule has 0 saturated heterocycles. The summed E-state index contributed by atoms with van der Waals surface area (Å²) in [5.74, 6) is 0.852. The number of aromatic amines is 1. The smallest absolute Gasteiger partial charge is 0.247 e. The van der Waals surface area contributed by atoms with E-state index in [-0.39, 0.29) is 0 Å². The summed E-state index contributed by atoms with van der Waals surface area (Å²) in [6.07, 6.45) is 0. The third-order valence-corrected chi connectivity index (χ3v) is 0.873. The van der Waals surface area contributed by atoms with Gasteiger partial charge in [0.15, 0.2) is 0 Å². The fourth-order valence-electron chi connectivity index (χ4n) is 0.360. The predicted octanol–water partition coefficient (Wildman–Crippen LogP) is -1.09. The lowest BCUT2D eigenvalue weighted by Gasteiger charge is -1.69. The van der Waals surface area contributed by atoms with E-state index in [2.05, 4.69) is 31.5 Å². The molecule has 0 aromatic carbocycles. The predicted molar refractivity (Wildman–Crippen MR) is 26.5 cm³/mol. The highest BCUT2D eigenvalue weighted by Crippen LogP contribution is 1.71. The molecule has 3 nitrogen and oxygen atoms in total. The minimum Gasteiger partial charge on any atom is -0.265 e. The van der Waals surface area contributed by atoms with Crippen LogP contribution in [0.4, 0.5) is 0 Å². The van der Waals surface area contributed by atoms with Gasteiger partial charge in [-0.3, -0.25) is 5.10 Å². The standard InChI is InChI=1S/C3H4N3.Al/c1-3-4-2-5-6-3;/h1H3,(H,4,5,6);. The van der Waals surface area contributed by atoms with E-state index in [0.717, 1.165) is 10.5 Å². The van der Waals surface area contributed by atoms with Crippen molar-refractivity contribution < 1.29 is 0 Å². The molecule has 7 heavy (non-hydrogen) atoms. The van der Waals surface area contributed by atoms with Gasteiger partial charge in [-0.1, -0.05) is 0 Å². The lowest BCUT2D eigenvalue weighted by atomic mass is 10.8. The van der Waals surface area contributed by atoms with Crippen LogP contribution in [0.1, 0.15) is 5.82 Å². The molecule has 1 aromatic rings. The Morgan fingerprint density at radius 2 is 2.43 bits per heavy atom. The number of aromatic nitrogens is 3. The quantitative estimate of drug-likeness (QED) is 0.430. The molecule has 0 unspecified atom stereocenters. The number of nitrogens with zero attached hydrogens (tertiary/aromatic N) is 2. The monoisotopic (exact) mass is 109 g/mol. The zero-order valence-corrected chi connectivity index (χ0v) is 5.13. The zero-order valence-electron chi connectivity index (χ0n) is 3.97. The molecule has 0 saturated carbocycles. The maximum absolute atomic E-state index is 3.91. The minimum atomic E-state index is 0.720. The molecule has 2 radical (unpaired) electrons. The van der Waals surface area contributed by atoms with Crippen molar-refractivity contribution in [2.24, 2.45) is 0 Å². The first-order valence-corrected chi connectivity index (χ1v) is 2.51. The molecule has 0 aliphatic heterocycles. The van der Waals surface area contributed by atoms with Gasteiger partial charge in [-0.15, -0.1) is 0 Å². The van der Waals surface area contributed by atoms with Gasteiger partial charge in [-0.25, -0.2) is 4.98 Å². The van der Waals surface area contributed by atoms with E-state index in [4.69, 9.17) is 0 Å². The average Bonchev–Trinajstić information content (AvgIpc) is 1.87. The van der Waals surface area contributed by atoms with Crippen LogP contribution in [0.25, 0.3) is 0 Å². The number of H-pyrrole nitrogens is 1. The van der Waals surface area contributed by atoms with E-state index >= 15 is 0 Å². The van der Waals surface area contributed by atoms with E-state index < -0.39 is 0 Å². The van der Waals surface area contributed by atoms with Crippen LogP contribution in [0.5, 0.6) is 0 Å². The second-order valence-corrected chi connectivity index (χ2v) is 1.80. The van der Waals surface area contributed by atoms with Crippen LogP contribution >= 0.6 is 0 Å². The number of nitrogens with one attached hydrogen (secondary N) is 1. The average molecular weight is 109 g/mol. The second-order valence-electron chi connectivity index (χ2n) is 1.28. The van der Waals surface area contributed by atoms with Crippen molar-refractivity contribution in [3.63, 3.8) is 0 Å². The van der Waals surface area contributed by atoms with E-state index in [1.165, 1.54) is 0 Å². The van der Waals surface area contributed by atoms with Crippen LogP contribution in [0, 0.1) is 6.92 Å². The summed E-state index contributed by atoms with van der Waals surface area (Å²) in [5, 5.41) is 6.43. The minimum absolute atomic E-state index is 0.720. The first-order chi connectivity index (χ1) is 3.29. The fourth-order valence-corrected chi connectivity index (χ4v) is 0.618. The Balaban J connectivity index is 3.04. The topological polar surface area (TPSA) is 41.6 Å². The molecule has 0 fully saturated rings. The van der Waals surface area contributed by atoms with Crippen LogP contribution in [-0.2, 0) is 0 Å². The number of hydrogen-bond acceptors (Lipinski definition) is 2. The van der Waals surface area contributed by atoms with Gasteiger partial charge in [-0.2, -0.15) is 5.10 Å². The molecule has 1 rings (SSSR count). The van der Waals surface area contributed by atoms with Gasteiger partial charge >= 0.3 is 0 Å². The van der Waals surface area contributed by atoms with Crippen molar-refractivity contribution in [2.45, 2.75) is 6.92 Å².